The van der Waals surface area contributed by atoms with Crippen LogP contribution in [-0.2, 0) is 23.9 Å². The minimum Gasteiger partial charge on any atom is -0.469 e. The van der Waals surface area contributed by atoms with Crippen molar-refractivity contribution in [3.8, 4) is 0 Å². The number of ether oxygens (including phenoxy) is 1. The van der Waals surface area contributed by atoms with Gasteiger partial charge >= 0.3 is 5.97 Å². The molecule has 0 heterocycles. The van der Waals surface area contributed by atoms with Crippen molar-refractivity contribution in [3.05, 3.63) is 12.2 Å². The van der Waals surface area contributed by atoms with Gasteiger partial charge in [0.1, 0.15) is 0 Å². The van der Waals surface area contributed by atoms with Gasteiger partial charge in [-0.1, -0.05) is 19.9 Å². The summed E-state index contributed by atoms with van der Waals surface area (Å²) < 4.78 is 5.10. The molecular formula is C21H26O5. The second-order valence-corrected chi connectivity index (χ2v) is 9.29. The number of carbonyl (C=O) groups excluding carboxylic acids is 4. The van der Waals surface area contributed by atoms with Crippen molar-refractivity contribution in [2.45, 2.75) is 52.4 Å². The van der Waals surface area contributed by atoms with Gasteiger partial charge in [0.05, 0.1) is 18.4 Å². The second-order valence-electron chi connectivity index (χ2n) is 9.29. The fourth-order valence-corrected chi connectivity index (χ4v) is 7.20. The van der Waals surface area contributed by atoms with E-state index in [0.717, 1.165) is 12.8 Å². The minimum atomic E-state index is -0.785. The molecule has 4 aliphatic rings. The molecule has 0 saturated heterocycles. The predicted molar refractivity (Wildman–Crippen MR) is 93.0 cm³/mol. The maximum atomic E-state index is 13.2. The fourth-order valence-electron chi connectivity index (χ4n) is 7.20. The van der Waals surface area contributed by atoms with E-state index in [-0.39, 0.29) is 17.7 Å². The molecule has 0 N–H and O–H groups in total. The topological polar surface area (TPSA) is 77.5 Å². The van der Waals surface area contributed by atoms with Crippen LogP contribution in [0.1, 0.15) is 52.4 Å². The van der Waals surface area contributed by atoms with Gasteiger partial charge in [-0.05, 0) is 55.9 Å². The Hall–Kier alpha value is -1.78. The summed E-state index contributed by atoms with van der Waals surface area (Å²) in [7, 11) is 1.40. The summed E-state index contributed by atoms with van der Waals surface area (Å²) >= 11 is 0. The predicted octanol–water partition coefficient (Wildman–Crippen LogP) is 2.67. The molecule has 5 nitrogen and oxygen atoms in total. The summed E-state index contributed by atoms with van der Waals surface area (Å²) in [5.41, 5.74) is -1.69. The number of allylic oxidation sites excluding steroid dienone is 1. The third-order valence-corrected chi connectivity index (χ3v) is 8.27. The average molecular weight is 358 g/mol. The van der Waals surface area contributed by atoms with E-state index in [1.54, 1.807) is 0 Å². The van der Waals surface area contributed by atoms with E-state index in [4.69, 9.17) is 4.74 Å². The monoisotopic (exact) mass is 358 g/mol. The van der Waals surface area contributed by atoms with Crippen molar-refractivity contribution in [2.75, 3.05) is 7.11 Å². The Morgan fingerprint density at radius 3 is 2.46 bits per heavy atom. The van der Waals surface area contributed by atoms with Crippen molar-refractivity contribution in [2.24, 2.45) is 34.0 Å². The molecule has 2 bridgehead atoms. The standard InChI is InChI=1S/C21H26O5/c1-11-12-10-21(17(11)24)9-6-13-19(2,16(21)15(23)14(12)22)7-5-8-20(13,3)18(25)26-4/h12-13,16H,1,5-10H2,2-4H3/t12-,13-,16-,19+,20+,21+/m0/s1. The third-order valence-electron chi connectivity index (χ3n) is 8.27. The maximum Gasteiger partial charge on any atom is 0.311 e. The summed E-state index contributed by atoms with van der Waals surface area (Å²) in [5.74, 6) is -2.52. The van der Waals surface area contributed by atoms with Crippen LogP contribution in [-0.4, -0.2) is 30.4 Å². The molecule has 5 heteroatoms. The van der Waals surface area contributed by atoms with Gasteiger partial charge in [0, 0.05) is 11.3 Å². The Bertz CT molecular complexity index is 766. The van der Waals surface area contributed by atoms with Gasteiger partial charge in [-0.3, -0.25) is 19.2 Å². The largest absolute Gasteiger partial charge is 0.469 e. The van der Waals surface area contributed by atoms with E-state index < -0.39 is 39.6 Å². The first kappa shape index (κ1) is 17.6. The zero-order chi connectivity index (χ0) is 19.1. The Morgan fingerprint density at radius 1 is 1.12 bits per heavy atom. The Labute approximate surface area is 153 Å². The van der Waals surface area contributed by atoms with Crippen molar-refractivity contribution < 1.29 is 23.9 Å². The first-order valence-corrected chi connectivity index (χ1v) is 9.53. The number of methoxy groups -OCH3 is 1. The summed E-state index contributed by atoms with van der Waals surface area (Å²) in [6, 6.07) is 0. The number of fused-ring (bicyclic) bond motifs is 3. The summed E-state index contributed by atoms with van der Waals surface area (Å²) in [6.07, 6.45) is 3.93. The highest BCUT2D eigenvalue weighted by Gasteiger charge is 2.72. The highest BCUT2D eigenvalue weighted by molar-refractivity contribution is 6.43. The molecule has 0 aromatic heterocycles. The molecule has 0 aromatic carbocycles. The van der Waals surface area contributed by atoms with Crippen LogP contribution in [0.5, 0.6) is 0 Å². The molecule has 0 aliphatic heterocycles. The van der Waals surface area contributed by atoms with Crippen molar-refractivity contribution in [1.82, 2.24) is 0 Å². The van der Waals surface area contributed by atoms with Gasteiger partial charge < -0.3 is 4.74 Å². The van der Waals surface area contributed by atoms with Crippen molar-refractivity contribution >= 4 is 23.3 Å². The highest BCUT2D eigenvalue weighted by atomic mass is 16.5. The number of esters is 1. The van der Waals surface area contributed by atoms with Crippen LogP contribution in [0.25, 0.3) is 0 Å². The Kier molecular flexibility index (Phi) is 3.49. The first-order chi connectivity index (χ1) is 12.1. The molecule has 4 fully saturated rings. The van der Waals surface area contributed by atoms with Gasteiger partial charge in [0.15, 0.2) is 5.78 Å². The lowest BCUT2D eigenvalue weighted by molar-refractivity contribution is -0.187. The van der Waals surface area contributed by atoms with Crippen LogP contribution >= 0.6 is 0 Å². The molecule has 0 amide bonds. The maximum absolute atomic E-state index is 13.2. The third kappa shape index (κ3) is 1.77. The second kappa shape index (κ2) is 5.14. The SMILES string of the molecule is C=C1C(=O)[C@@]23CC[C@H]4[C@@](C)(CCC[C@@]4(C)C(=O)OC)[C@@H]2C(=O)C(=O)[C@H]1C3. The minimum absolute atomic E-state index is 0.0678. The molecule has 1 spiro atoms. The quantitative estimate of drug-likeness (QED) is 0.409. The molecule has 4 rings (SSSR count). The Morgan fingerprint density at radius 2 is 1.81 bits per heavy atom. The zero-order valence-corrected chi connectivity index (χ0v) is 15.7. The zero-order valence-electron chi connectivity index (χ0n) is 15.7. The lowest BCUT2D eigenvalue weighted by atomic mass is 9.40. The van der Waals surface area contributed by atoms with Crippen LogP contribution in [0.4, 0.5) is 0 Å². The first-order valence-electron chi connectivity index (χ1n) is 9.53. The summed E-state index contributed by atoms with van der Waals surface area (Å²) in [5, 5.41) is 0. The fraction of sp³-hybridized carbons (Fsp3) is 0.714. The van der Waals surface area contributed by atoms with Crippen LogP contribution in [0.2, 0.25) is 0 Å². The molecule has 26 heavy (non-hydrogen) atoms. The van der Waals surface area contributed by atoms with Crippen molar-refractivity contribution in [3.63, 3.8) is 0 Å². The molecule has 4 aliphatic carbocycles. The van der Waals surface area contributed by atoms with Gasteiger partial charge in [0.2, 0.25) is 11.6 Å². The number of hydrogen-bond acceptors (Lipinski definition) is 5. The number of hydrogen-bond donors (Lipinski definition) is 0. The van der Waals surface area contributed by atoms with E-state index in [2.05, 4.69) is 6.58 Å². The van der Waals surface area contributed by atoms with Gasteiger partial charge in [0.25, 0.3) is 0 Å². The van der Waals surface area contributed by atoms with E-state index in [1.165, 1.54) is 7.11 Å². The molecular weight excluding hydrogens is 332 g/mol. The van der Waals surface area contributed by atoms with E-state index in [9.17, 15) is 19.2 Å². The Balaban J connectivity index is 1.86. The van der Waals surface area contributed by atoms with Crippen LogP contribution in [0.15, 0.2) is 12.2 Å². The van der Waals surface area contributed by atoms with Crippen LogP contribution < -0.4 is 0 Å². The number of rotatable bonds is 1. The molecule has 0 unspecified atom stereocenters. The van der Waals surface area contributed by atoms with Gasteiger partial charge in [-0.25, -0.2) is 0 Å². The van der Waals surface area contributed by atoms with Gasteiger partial charge in [-0.2, -0.15) is 0 Å². The van der Waals surface area contributed by atoms with Crippen LogP contribution in [0, 0.1) is 34.0 Å². The van der Waals surface area contributed by atoms with Crippen molar-refractivity contribution in [1.29, 1.82) is 0 Å². The average Bonchev–Trinajstić information content (AvgIpc) is 2.82. The molecule has 140 valence electrons. The lowest BCUT2D eigenvalue weighted by Gasteiger charge is -2.61. The van der Waals surface area contributed by atoms with E-state index >= 15 is 0 Å². The molecule has 0 radical (unpaired) electrons. The summed E-state index contributed by atoms with van der Waals surface area (Å²) in [6.45, 7) is 7.79. The molecule has 4 saturated carbocycles. The molecule has 0 aromatic rings. The smallest absolute Gasteiger partial charge is 0.311 e. The molecule has 6 atom stereocenters. The number of ketones is 3. The van der Waals surface area contributed by atoms with Gasteiger partial charge in [-0.15, -0.1) is 0 Å². The number of Topliss-reactive ketones (excluding diaryl/α,β-unsaturated/α-hetero) is 3. The highest BCUT2D eigenvalue weighted by Crippen LogP contribution is 2.69. The lowest BCUT2D eigenvalue weighted by Crippen LogP contribution is -2.63. The van der Waals surface area contributed by atoms with E-state index in [1.807, 2.05) is 13.8 Å². The number of carbonyl (C=O) groups is 4. The normalized spacial score (nSPS) is 47.4. The van der Waals surface area contributed by atoms with Crippen LogP contribution in [0.3, 0.4) is 0 Å². The van der Waals surface area contributed by atoms with E-state index in [0.29, 0.717) is 31.3 Å². The summed E-state index contributed by atoms with van der Waals surface area (Å²) in [4.78, 5) is 51.6.